The average Bonchev–Trinajstić information content (AvgIpc) is 2.68. The van der Waals surface area contributed by atoms with Crippen LogP contribution in [0.1, 0.15) is 11.1 Å². The highest BCUT2D eigenvalue weighted by Crippen LogP contribution is 2.24. The van der Waals surface area contributed by atoms with Gasteiger partial charge in [-0.2, -0.15) is 4.98 Å². The van der Waals surface area contributed by atoms with Crippen molar-refractivity contribution in [3.05, 3.63) is 47.5 Å². The van der Waals surface area contributed by atoms with Gasteiger partial charge < -0.3 is 15.5 Å². The molecule has 1 aromatic heterocycles. The smallest absolute Gasteiger partial charge is 0.300 e. The second kappa shape index (κ2) is 4.31. The van der Waals surface area contributed by atoms with Crippen LogP contribution in [0.25, 0.3) is 11.1 Å². The zero-order valence-electron chi connectivity index (χ0n) is 10.9. The van der Waals surface area contributed by atoms with Gasteiger partial charge in [0.05, 0.1) is 0 Å². The molecule has 0 unspecified atom stereocenters. The molecule has 0 aliphatic carbocycles. The number of oxazole rings is 1. The van der Waals surface area contributed by atoms with Crippen LogP contribution >= 0.6 is 0 Å². The normalized spacial score (nSPS) is 10.8. The highest BCUT2D eigenvalue weighted by atomic mass is 16.4. The molecule has 0 aliphatic rings. The minimum Gasteiger partial charge on any atom is -0.423 e. The summed E-state index contributed by atoms with van der Waals surface area (Å²) in [6.45, 7) is 4.12. The number of fused-ring (bicyclic) bond motifs is 1. The van der Waals surface area contributed by atoms with Crippen LogP contribution in [-0.4, -0.2) is 4.98 Å². The molecule has 2 aromatic carbocycles. The molecule has 3 aromatic rings. The van der Waals surface area contributed by atoms with Crippen molar-refractivity contribution in [2.75, 3.05) is 11.1 Å². The number of nitrogen functional groups attached to an aromatic ring is 1. The second-order valence-electron chi connectivity index (χ2n) is 4.75. The van der Waals surface area contributed by atoms with E-state index in [1.807, 2.05) is 12.1 Å². The lowest BCUT2D eigenvalue weighted by molar-refractivity contribution is 0.623. The van der Waals surface area contributed by atoms with Gasteiger partial charge in [0, 0.05) is 17.4 Å². The van der Waals surface area contributed by atoms with E-state index in [1.54, 1.807) is 6.07 Å². The molecule has 0 aliphatic heterocycles. The predicted octanol–water partition coefficient (Wildman–Crippen LogP) is 3.77. The highest BCUT2D eigenvalue weighted by Gasteiger charge is 2.06. The lowest BCUT2D eigenvalue weighted by Gasteiger charge is -2.04. The number of nitrogens with two attached hydrogens (primary N) is 1. The van der Waals surface area contributed by atoms with Gasteiger partial charge in [0.1, 0.15) is 5.52 Å². The van der Waals surface area contributed by atoms with Crippen LogP contribution in [-0.2, 0) is 0 Å². The second-order valence-corrected chi connectivity index (χ2v) is 4.75. The van der Waals surface area contributed by atoms with E-state index >= 15 is 0 Å². The summed E-state index contributed by atoms with van der Waals surface area (Å²) in [6.07, 6.45) is 0. The standard InChI is InChI=1S/C15H15N3O/c1-9-5-10(2)7-12(6-9)17-15-18-13-4-3-11(16)8-14(13)19-15/h3-8H,16H2,1-2H3,(H,17,18). The number of rotatable bonds is 2. The Morgan fingerprint density at radius 3 is 2.53 bits per heavy atom. The van der Waals surface area contributed by atoms with E-state index < -0.39 is 0 Å². The molecule has 0 fully saturated rings. The van der Waals surface area contributed by atoms with Gasteiger partial charge in [-0.25, -0.2) is 0 Å². The Labute approximate surface area is 111 Å². The number of nitrogens with zero attached hydrogens (tertiary/aromatic N) is 1. The van der Waals surface area contributed by atoms with Crippen molar-refractivity contribution < 1.29 is 4.42 Å². The van der Waals surface area contributed by atoms with Gasteiger partial charge in [0.2, 0.25) is 0 Å². The van der Waals surface area contributed by atoms with E-state index in [-0.39, 0.29) is 0 Å². The maximum atomic E-state index is 5.72. The average molecular weight is 253 g/mol. The lowest BCUT2D eigenvalue weighted by Crippen LogP contribution is -1.91. The van der Waals surface area contributed by atoms with Crippen molar-refractivity contribution >= 4 is 28.5 Å². The van der Waals surface area contributed by atoms with Crippen LogP contribution < -0.4 is 11.1 Å². The van der Waals surface area contributed by atoms with Crippen molar-refractivity contribution in [1.29, 1.82) is 0 Å². The van der Waals surface area contributed by atoms with E-state index in [2.05, 4.69) is 42.3 Å². The van der Waals surface area contributed by atoms with Crippen LogP contribution in [0.3, 0.4) is 0 Å². The minimum atomic E-state index is 0.477. The first kappa shape index (κ1) is 11.6. The summed E-state index contributed by atoms with van der Waals surface area (Å²) < 4.78 is 5.63. The number of nitrogens with one attached hydrogen (secondary N) is 1. The van der Waals surface area contributed by atoms with Crippen molar-refractivity contribution in [2.24, 2.45) is 0 Å². The van der Waals surface area contributed by atoms with Crippen molar-refractivity contribution in [3.8, 4) is 0 Å². The predicted molar refractivity (Wildman–Crippen MR) is 77.6 cm³/mol. The van der Waals surface area contributed by atoms with E-state index in [9.17, 15) is 0 Å². The van der Waals surface area contributed by atoms with E-state index in [0.717, 1.165) is 11.2 Å². The minimum absolute atomic E-state index is 0.477. The first-order valence-corrected chi connectivity index (χ1v) is 6.11. The summed E-state index contributed by atoms with van der Waals surface area (Å²) in [5.74, 6) is 0. The molecule has 4 heteroatoms. The van der Waals surface area contributed by atoms with Crippen molar-refractivity contribution in [2.45, 2.75) is 13.8 Å². The molecule has 19 heavy (non-hydrogen) atoms. The maximum Gasteiger partial charge on any atom is 0.300 e. The van der Waals surface area contributed by atoms with Crippen LogP contribution in [0, 0.1) is 13.8 Å². The molecule has 3 rings (SSSR count). The summed E-state index contributed by atoms with van der Waals surface area (Å²) >= 11 is 0. The lowest BCUT2D eigenvalue weighted by atomic mass is 10.1. The Morgan fingerprint density at radius 2 is 1.79 bits per heavy atom. The maximum absolute atomic E-state index is 5.72. The number of hydrogen-bond donors (Lipinski definition) is 2. The zero-order valence-corrected chi connectivity index (χ0v) is 10.9. The van der Waals surface area contributed by atoms with E-state index in [1.165, 1.54) is 11.1 Å². The highest BCUT2D eigenvalue weighted by molar-refractivity contribution is 5.78. The van der Waals surface area contributed by atoms with Gasteiger partial charge in [0.25, 0.3) is 6.01 Å². The van der Waals surface area contributed by atoms with Gasteiger partial charge in [-0.3, -0.25) is 0 Å². The monoisotopic (exact) mass is 253 g/mol. The van der Waals surface area contributed by atoms with Gasteiger partial charge >= 0.3 is 0 Å². The first-order valence-electron chi connectivity index (χ1n) is 6.11. The summed E-state index contributed by atoms with van der Waals surface area (Å²) in [4.78, 5) is 4.38. The molecule has 1 heterocycles. The van der Waals surface area contributed by atoms with Gasteiger partial charge in [-0.15, -0.1) is 0 Å². The van der Waals surface area contributed by atoms with Crippen LogP contribution in [0.15, 0.2) is 40.8 Å². The van der Waals surface area contributed by atoms with E-state index in [0.29, 0.717) is 17.3 Å². The topological polar surface area (TPSA) is 64.1 Å². The number of anilines is 3. The fourth-order valence-corrected chi connectivity index (χ4v) is 2.16. The number of hydrogen-bond acceptors (Lipinski definition) is 4. The number of aryl methyl sites for hydroxylation is 2. The van der Waals surface area contributed by atoms with Crippen molar-refractivity contribution in [1.82, 2.24) is 4.98 Å². The molecule has 0 spiro atoms. The molecule has 0 atom stereocenters. The molecular weight excluding hydrogens is 238 g/mol. The Balaban J connectivity index is 1.96. The van der Waals surface area contributed by atoms with Gasteiger partial charge in [0.15, 0.2) is 5.58 Å². The number of benzene rings is 2. The summed E-state index contributed by atoms with van der Waals surface area (Å²) in [5.41, 5.74) is 11.2. The van der Waals surface area contributed by atoms with Crippen LogP contribution in [0.2, 0.25) is 0 Å². The Hall–Kier alpha value is -2.49. The molecule has 0 saturated carbocycles. The number of aromatic nitrogens is 1. The molecule has 0 radical (unpaired) electrons. The summed E-state index contributed by atoms with van der Waals surface area (Å²) in [6, 6.07) is 12.1. The molecule has 96 valence electrons. The van der Waals surface area contributed by atoms with Crippen LogP contribution in [0.5, 0.6) is 0 Å². The molecule has 0 bridgehead atoms. The fraction of sp³-hybridized carbons (Fsp3) is 0.133. The third-order valence-corrected chi connectivity index (χ3v) is 2.89. The van der Waals surface area contributed by atoms with Gasteiger partial charge in [-0.1, -0.05) is 6.07 Å². The Kier molecular flexibility index (Phi) is 2.63. The molecule has 0 saturated heterocycles. The zero-order chi connectivity index (χ0) is 13.4. The van der Waals surface area contributed by atoms with Gasteiger partial charge in [-0.05, 0) is 49.2 Å². The first-order chi connectivity index (χ1) is 9.10. The SMILES string of the molecule is Cc1cc(C)cc(Nc2nc3ccc(N)cc3o2)c1. The van der Waals surface area contributed by atoms with E-state index in [4.69, 9.17) is 10.2 Å². The third-order valence-electron chi connectivity index (χ3n) is 2.89. The summed E-state index contributed by atoms with van der Waals surface area (Å²) in [7, 11) is 0. The largest absolute Gasteiger partial charge is 0.423 e. The third kappa shape index (κ3) is 2.38. The molecule has 3 N–H and O–H groups in total. The Morgan fingerprint density at radius 1 is 1.05 bits per heavy atom. The fourth-order valence-electron chi connectivity index (χ4n) is 2.16. The summed E-state index contributed by atoms with van der Waals surface area (Å²) in [5, 5.41) is 3.18. The van der Waals surface area contributed by atoms with Crippen molar-refractivity contribution in [3.63, 3.8) is 0 Å². The molecule has 0 amide bonds. The Bertz CT molecular complexity index is 726. The molecule has 4 nitrogen and oxygen atoms in total. The van der Waals surface area contributed by atoms with Crippen LogP contribution in [0.4, 0.5) is 17.4 Å². The molecular formula is C15H15N3O. The quantitative estimate of drug-likeness (QED) is 0.682.